The van der Waals surface area contributed by atoms with Crippen molar-refractivity contribution in [1.82, 2.24) is 14.8 Å². The van der Waals surface area contributed by atoms with E-state index in [1.807, 2.05) is 13.0 Å². The molecule has 25 heavy (non-hydrogen) atoms. The number of hydrogen-bond donors (Lipinski definition) is 1. The van der Waals surface area contributed by atoms with Gasteiger partial charge >= 0.3 is 0 Å². The Morgan fingerprint density at radius 1 is 1.20 bits per heavy atom. The molecule has 0 bridgehead atoms. The van der Waals surface area contributed by atoms with Crippen LogP contribution in [0.1, 0.15) is 18.1 Å². The molecule has 1 N–H and O–H groups in total. The number of hydrogen-bond acceptors (Lipinski definition) is 4. The van der Waals surface area contributed by atoms with Crippen molar-refractivity contribution in [2.24, 2.45) is 0 Å². The number of aliphatic hydroxyl groups is 1. The van der Waals surface area contributed by atoms with Crippen LogP contribution in [0.2, 0.25) is 10.0 Å². The summed E-state index contributed by atoms with van der Waals surface area (Å²) in [5.41, 5.74) is 0.257. The summed E-state index contributed by atoms with van der Waals surface area (Å²) >= 11 is 12.3. The van der Waals surface area contributed by atoms with E-state index < -0.39 is 5.60 Å². The maximum absolute atomic E-state index is 10.8. The SMILES string of the molecule is Cc1cc(C(C)(O)Cn2cncn2)c(Cl)cc1Oc1ccc(Cl)cc1. The second-order valence-electron chi connectivity index (χ2n) is 6.02. The number of halogens is 2. The number of aromatic nitrogens is 3. The zero-order valence-corrected chi connectivity index (χ0v) is 15.3. The van der Waals surface area contributed by atoms with Gasteiger partial charge < -0.3 is 9.84 Å². The van der Waals surface area contributed by atoms with Crippen molar-refractivity contribution in [3.05, 3.63) is 70.2 Å². The summed E-state index contributed by atoms with van der Waals surface area (Å²) in [5, 5.41) is 15.9. The van der Waals surface area contributed by atoms with Crippen LogP contribution in [0.5, 0.6) is 11.5 Å². The molecule has 1 atom stereocenters. The van der Waals surface area contributed by atoms with E-state index in [0.717, 1.165) is 5.56 Å². The van der Waals surface area contributed by atoms with E-state index in [-0.39, 0.29) is 6.54 Å². The average molecular weight is 378 g/mol. The second kappa shape index (κ2) is 7.04. The van der Waals surface area contributed by atoms with Gasteiger partial charge in [-0.05, 0) is 49.7 Å². The first-order valence-electron chi connectivity index (χ1n) is 7.64. The van der Waals surface area contributed by atoms with Crippen LogP contribution in [0.15, 0.2) is 49.1 Å². The predicted octanol–water partition coefficient (Wildman–Crippen LogP) is 4.59. The number of ether oxygens (including phenoxy) is 1. The highest BCUT2D eigenvalue weighted by Crippen LogP contribution is 2.36. The normalized spacial score (nSPS) is 13.5. The van der Waals surface area contributed by atoms with E-state index >= 15 is 0 Å². The first kappa shape index (κ1) is 17.7. The summed E-state index contributed by atoms with van der Waals surface area (Å²) < 4.78 is 7.43. The van der Waals surface area contributed by atoms with Crippen LogP contribution in [0, 0.1) is 6.92 Å². The summed E-state index contributed by atoms with van der Waals surface area (Å²) in [6, 6.07) is 10.6. The van der Waals surface area contributed by atoms with Crippen LogP contribution < -0.4 is 4.74 Å². The van der Waals surface area contributed by atoms with E-state index in [2.05, 4.69) is 10.1 Å². The molecule has 0 radical (unpaired) electrons. The summed E-state index contributed by atoms with van der Waals surface area (Å²) in [6.07, 6.45) is 2.97. The van der Waals surface area contributed by atoms with Gasteiger partial charge in [-0.1, -0.05) is 23.2 Å². The molecule has 0 aliphatic rings. The van der Waals surface area contributed by atoms with Crippen molar-refractivity contribution in [3.63, 3.8) is 0 Å². The highest BCUT2D eigenvalue weighted by Gasteiger charge is 2.28. The fourth-order valence-electron chi connectivity index (χ4n) is 2.53. The molecule has 0 spiro atoms. The summed E-state index contributed by atoms with van der Waals surface area (Å²) in [7, 11) is 0. The minimum Gasteiger partial charge on any atom is -0.457 e. The van der Waals surface area contributed by atoms with Crippen LogP contribution in [-0.4, -0.2) is 19.9 Å². The number of benzene rings is 2. The van der Waals surface area contributed by atoms with Crippen LogP contribution in [0.3, 0.4) is 0 Å². The lowest BCUT2D eigenvalue weighted by atomic mass is 9.94. The van der Waals surface area contributed by atoms with Gasteiger partial charge in [0.05, 0.1) is 11.6 Å². The van der Waals surface area contributed by atoms with Crippen molar-refractivity contribution >= 4 is 23.2 Å². The third kappa shape index (κ3) is 4.12. The largest absolute Gasteiger partial charge is 0.457 e. The smallest absolute Gasteiger partial charge is 0.137 e. The van der Waals surface area contributed by atoms with E-state index in [1.165, 1.54) is 6.33 Å². The monoisotopic (exact) mass is 377 g/mol. The highest BCUT2D eigenvalue weighted by atomic mass is 35.5. The first-order chi connectivity index (χ1) is 11.8. The van der Waals surface area contributed by atoms with Crippen molar-refractivity contribution < 1.29 is 9.84 Å². The van der Waals surface area contributed by atoms with E-state index in [0.29, 0.717) is 27.1 Å². The number of rotatable bonds is 5. The number of nitrogens with zero attached hydrogens (tertiary/aromatic N) is 3. The Morgan fingerprint density at radius 2 is 1.92 bits per heavy atom. The lowest BCUT2D eigenvalue weighted by molar-refractivity contribution is 0.0345. The number of aryl methyl sites for hydroxylation is 1. The molecule has 2 aromatic carbocycles. The minimum absolute atomic E-state index is 0.240. The van der Waals surface area contributed by atoms with Gasteiger partial charge in [-0.2, -0.15) is 5.10 Å². The molecule has 0 amide bonds. The molecule has 3 aromatic rings. The molecular weight excluding hydrogens is 361 g/mol. The van der Waals surface area contributed by atoms with E-state index in [1.54, 1.807) is 48.3 Å². The molecule has 0 saturated carbocycles. The van der Waals surface area contributed by atoms with Crippen molar-refractivity contribution in [1.29, 1.82) is 0 Å². The van der Waals surface area contributed by atoms with Gasteiger partial charge in [-0.3, -0.25) is 0 Å². The molecule has 0 fully saturated rings. The van der Waals surface area contributed by atoms with Crippen molar-refractivity contribution in [3.8, 4) is 11.5 Å². The Labute approximate surface area is 155 Å². The van der Waals surface area contributed by atoms with E-state index in [9.17, 15) is 5.11 Å². The van der Waals surface area contributed by atoms with Gasteiger partial charge in [0.25, 0.3) is 0 Å². The third-order valence-electron chi connectivity index (χ3n) is 3.82. The van der Waals surface area contributed by atoms with Crippen LogP contribution in [0.4, 0.5) is 0 Å². The van der Waals surface area contributed by atoms with Gasteiger partial charge in [0, 0.05) is 16.7 Å². The zero-order valence-electron chi connectivity index (χ0n) is 13.8. The fourth-order valence-corrected chi connectivity index (χ4v) is 3.01. The average Bonchev–Trinajstić information content (AvgIpc) is 3.04. The van der Waals surface area contributed by atoms with Crippen LogP contribution in [0.25, 0.3) is 0 Å². The second-order valence-corrected chi connectivity index (χ2v) is 6.86. The molecule has 7 heteroatoms. The molecule has 1 unspecified atom stereocenters. The topological polar surface area (TPSA) is 60.2 Å². The summed E-state index contributed by atoms with van der Waals surface area (Å²) in [6.45, 7) is 3.83. The molecule has 1 heterocycles. The Bertz CT molecular complexity index is 863. The van der Waals surface area contributed by atoms with Crippen molar-refractivity contribution in [2.45, 2.75) is 26.0 Å². The first-order valence-corrected chi connectivity index (χ1v) is 8.39. The molecule has 0 saturated heterocycles. The van der Waals surface area contributed by atoms with Gasteiger partial charge in [0.15, 0.2) is 0 Å². The molecule has 5 nitrogen and oxygen atoms in total. The lowest BCUT2D eigenvalue weighted by Gasteiger charge is -2.25. The Hall–Kier alpha value is -2.08. The summed E-state index contributed by atoms with van der Waals surface area (Å²) in [5.74, 6) is 1.28. The van der Waals surface area contributed by atoms with Gasteiger partial charge in [0.2, 0.25) is 0 Å². The minimum atomic E-state index is -1.20. The molecule has 0 aliphatic carbocycles. The molecule has 0 aliphatic heterocycles. The Balaban J connectivity index is 1.87. The molecule has 130 valence electrons. The maximum Gasteiger partial charge on any atom is 0.137 e. The van der Waals surface area contributed by atoms with Gasteiger partial charge in [0.1, 0.15) is 29.8 Å². The van der Waals surface area contributed by atoms with Crippen LogP contribution in [-0.2, 0) is 12.1 Å². The molecule has 1 aromatic heterocycles. The summed E-state index contributed by atoms with van der Waals surface area (Å²) in [4.78, 5) is 3.89. The van der Waals surface area contributed by atoms with Crippen molar-refractivity contribution in [2.75, 3.05) is 0 Å². The van der Waals surface area contributed by atoms with Gasteiger partial charge in [-0.15, -0.1) is 0 Å². The lowest BCUT2D eigenvalue weighted by Crippen LogP contribution is -2.28. The molecule has 3 rings (SSSR count). The molecular formula is C18H17Cl2N3O2. The quantitative estimate of drug-likeness (QED) is 0.705. The predicted molar refractivity (Wildman–Crippen MR) is 97.3 cm³/mol. The third-order valence-corrected chi connectivity index (χ3v) is 4.39. The highest BCUT2D eigenvalue weighted by molar-refractivity contribution is 6.31. The zero-order chi connectivity index (χ0) is 18.0. The standard InChI is InChI=1S/C18H17Cl2N3O2/c1-12-7-15(18(2,24)9-23-11-21-10-22-23)16(20)8-17(12)25-14-5-3-13(19)4-6-14/h3-8,10-11,24H,9H2,1-2H3. The van der Waals surface area contributed by atoms with Gasteiger partial charge in [-0.25, -0.2) is 9.67 Å². The maximum atomic E-state index is 10.8. The Kier molecular flexibility index (Phi) is 4.99. The fraction of sp³-hybridized carbons (Fsp3) is 0.222. The Morgan fingerprint density at radius 3 is 2.56 bits per heavy atom. The van der Waals surface area contributed by atoms with E-state index in [4.69, 9.17) is 27.9 Å². The van der Waals surface area contributed by atoms with Crippen LogP contribution >= 0.6 is 23.2 Å².